The highest BCUT2D eigenvalue weighted by molar-refractivity contribution is 5.91. The Bertz CT molecular complexity index is 669. The highest BCUT2D eigenvalue weighted by Gasteiger charge is 2.11. The lowest BCUT2D eigenvalue weighted by Gasteiger charge is -2.11. The zero-order chi connectivity index (χ0) is 16.7. The van der Waals surface area contributed by atoms with E-state index in [0.717, 1.165) is 0 Å². The second-order valence-electron chi connectivity index (χ2n) is 4.43. The lowest BCUT2D eigenvalue weighted by molar-refractivity contribution is -0.116. The van der Waals surface area contributed by atoms with Crippen molar-refractivity contribution in [2.24, 2.45) is 0 Å². The van der Waals surface area contributed by atoms with Crippen molar-refractivity contribution in [3.63, 3.8) is 0 Å². The fraction of sp³-hybridized carbons (Fsp3) is 0.188. The van der Waals surface area contributed by atoms with E-state index in [1.54, 1.807) is 18.2 Å². The van der Waals surface area contributed by atoms with Gasteiger partial charge in [-0.2, -0.15) is 8.78 Å². The molecule has 0 aliphatic carbocycles. The third-order valence-electron chi connectivity index (χ3n) is 2.85. The normalized spacial score (nSPS) is 11.0. The number of nitrogens with one attached hydrogen (secondary N) is 1. The molecule has 5 nitrogen and oxygen atoms in total. The van der Waals surface area contributed by atoms with Crippen molar-refractivity contribution in [3.05, 3.63) is 54.0 Å². The highest BCUT2D eigenvalue weighted by Crippen LogP contribution is 2.29. The van der Waals surface area contributed by atoms with E-state index < -0.39 is 6.61 Å². The van der Waals surface area contributed by atoms with Crippen LogP contribution in [0.15, 0.2) is 47.1 Å². The van der Waals surface area contributed by atoms with Crippen molar-refractivity contribution in [2.45, 2.75) is 13.2 Å². The number of carbonyl (C=O) groups is 1. The molecule has 1 aromatic carbocycles. The van der Waals surface area contributed by atoms with Crippen LogP contribution in [0.2, 0.25) is 0 Å². The maximum absolute atomic E-state index is 12.2. The molecule has 0 spiro atoms. The van der Waals surface area contributed by atoms with Crippen LogP contribution in [0.4, 0.5) is 8.78 Å². The summed E-state index contributed by atoms with van der Waals surface area (Å²) in [6, 6.07) is 7.89. The van der Waals surface area contributed by atoms with Crippen LogP contribution in [-0.4, -0.2) is 19.6 Å². The van der Waals surface area contributed by atoms with Gasteiger partial charge in [0.1, 0.15) is 5.76 Å². The topological polar surface area (TPSA) is 60.7 Å². The number of carbonyl (C=O) groups excluding carboxylic acids is 1. The largest absolute Gasteiger partial charge is 0.493 e. The van der Waals surface area contributed by atoms with Gasteiger partial charge in [-0.1, -0.05) is 6.07 Å². The number of alkyl halides is 2. The van der Waals surface area contributed by atoms with Gasteiger partial charge >= 0.3 is 6.61 Å². The maximum Gasteiger partial charge on any atom is 0.387 e. The molecule has 7 heteroatoms. The second-order valence-corrected chi connectivity index (χ2v) is 4.43. The Labute approximate surface area is 131 Å². The van der Waals surface area contributed by atoms with Crippen molar-refractivity contribution in [3.8, 4) is 11.5 Å². The first-order chi connectivity index (χ1) is 11.1. The number of rotatable bonds is 7. The molecular weight excluding hydrogens is 308 g/mol. The van der Waals surface area contributed by atoms with Crippen molar-refractivity contribution < 1.29 is 27.5 Å². The van der Waals surface area contributed by atoms with Gasteiger partial charge in [-0.25, -0.2) is 0 Å². The Balaban J connectivity index is 1.93. The minimum Gasteiger partial charge on any atom is -0.493 e. The van der Waals surface area contributed by atoms with E-state index in [9.17, 15) is 13.6 Å². The summed E-state index contributed by atoms with van der Waals surface area (Å²) in [5, 5.41) is 2.66. The smallest absolute Gasteiger partial charge is 0.387 e. The fourth-order valence-corrected chi connectivity index (χ4v) is 1.81. The molecule has 0 saturated heterocycles. The quantitative estimate of drug-likeness (QED) is 0.795. The van der Waals surface area contributed by atoms with Gasteiger partial charge in [-0.05, 0) is 35.9 Å². The summed E-state index contributed by atoms with van der Waals surface area (Å²) >= 11 is 0. The van der Waals surface area contributed by atoms with Crippen molar-refractivity contribution >= 4 is 12.0 Å². The predicted molar refractivity (Wildman–Crippen MR) is 79.2 cm³/mol. The van der Waals surface area contributed by atoms with Gasteiger partial charge in [-0.3, -0.25) is 4.79 Å². The van der Waals surface area contributed by atoms with Gasteiger partial charge in [0.25, 0.3) is 0 Å². The van der Waals surface area contributed by atoms with Crippen LogP contribution >= 0.6 is 0 Å². The van der Waals surface area contributed by atoms with Gasteiger partial charge in [0.2, 0.25) is 5.91 Å². The van der Waals surface area contributed by atoms with Gasteiger partial charge in [0.15, 0.2) is 11.5 Å². The van der Waals surface area contributed by atoms with E-state index in [0.29, 0.717) is 11.3 Å². The van der Waals surface area contributed by atoms with Crippen LogP contribution in [-0.2, 0) is 11.3 Å². The number of benzene rings is 1. The first-order valence-electron chi connectivity index (χ1n) is 6.69. The average molecular weight is 323 g/mol. The van der Waals surface area contributed by atoms with Crippen LogP contribution in [0.25, 0.3) is 6.08 Å². The minimum atomic E-state index is -2.93. The number of ether oxygens (including phenoxy) is 2. The monoisotopic (exact) mass is 323 g/mol. The van der Waals surface area contributed by atoms with Gasteiger partial charge < -0.3 is 19.2 Å². The molecule has 1 aromatic heterocycles. The minimum absolute atomic E-state index is 0.0599. The molecule has 0 unspecified atom stereocenters. The Morgan fingerprint density at radius 2 is 2.17 bits per heavy atom. The van der Waals surface area contributed by atoms with Crippen LogP contribution in [0.3, 0.4) is 0 Å². The molecule has 0 bridgehead atoms. The maximum atomic E-state index is 12.2. The molecule has 2 rings (SSSR count). The summed E-state index contributed by atoms with van der Waals surface area (Å²) in [4.78, 5) is 11.7. The molecular formula is C16H15F2NO4. The van der Waals surface area contributed by atoms with Crippen molar-refractivity contribution in [2.75, 3.05) is 7.11 Å². The Morgan fingerprint density at radius 3 is 2.83 bits per heavy atom. The summed E-state index contributed by atoms with van der Waals surface area (Å²) in [6.45, 7) is -2.71. The van der Waals surface area contributed by atoms with Crippen LogP contribution in [0.1, 0.15) is 11.3 Å². The summed E-state index contributed by atoms with van der Waals surface area (Å²) in [5.74, 6) is 0.363. The van der Waals surface area contributed by atoms with E-state index >= 15 is 0 Å². The summed E-state index contributed by atoms with van der Waals surface area (Å²) in [7, 11) is 1.35. The first-order valence-corrected chi connectivity index (χ1v) is 6.69. The second kappa shape index (κ2) is 7.98. The molecule has 0 aliphatic rings. The van der Waals surface area contributed by atoms with Crippen LogP contribution < -0.4 is 14.8 Å². The number of halogens is 2. The molecule has 23 heavy (non-hydrogen) atoms. The van der Waals surface area contributed by atoms with E-state index in [4.69, 9.17) is 9.15 Å². The average Bonchev–Trinajstić information content (AvgIpc) is 3.04. The molecule has 1 amide bonds. The predicted octanol–water partition coefficient (Wildman–Crippen LogP) is 3.22. The molecule has 1 heterocycles. The number of methoxy groups -OCH3 is 1. The Kier molecular flexibility index (Phi) is 5.74. The van der Waals surface area contributed by atoms with E-state index in [-0.39, 0.29) is 24.0 Å². The first kappa shape index (κ1) is 16.5. The fourth-order valence-electron chi connectivity index (χ4n) is 1.81. The standard InChI is InChI=1S/C16H15F2NO4/c1-21-14-9-11(4-6-13(14)23-16(17)18)10-19-15(20)7-5-12-3-2-8-22-12/h2-9,16H,10H2,1H3,(H,19,20)/b7-5+. The van der Waals surface area contributed by atoms with Gasteiger partial charge in [-0.15, -0.1) is 0 Å². The number of furan rings is 1. The number of hydrogen-bond donors (Lipinski definition) is 1. The SMILES string of the molecule is COc1cc(CNC(=O)/C=C/c2ccco2)ccc1OC(F)F. The zero-order valence-corrected chi connectivity index (χ0v) is 12.3. The van der Waals surface area contributed by atoms with Gasteiger partial charge in [0.05, 0.1) is 13.4 Å². The van der Waals surface area contributed by atoms with Crippen molar-refractivity contribution in [1.29, 1.82) is 0 Å². The van der Waals surface area contributed by atoms with Crippen molar-refractivity contribution in [1.82, 2.24) is 5.32 Å². The third kappa shape index (κ3) is 5.14. The van der Waals surface area contributed by atoms with Crippen LogP contribution in [0, 0.1) is 0 Å². The molecule has 1 N–H and O–H groups in total. The molecule has 2 aromatic rings. The molecule has 122 valence electrons. The molecule has 0 aliphatic heterocycles. The van der Waals surface area contributed by atoms with E-state index in [2.05, 4.69) is 10.1 Å². The van der Waals surface area contributed by atoms with E-state index in [1.165, 1.54) is 37.7 Å². The number of amides is 1. The molecule has 0 saturated carbocycles. The third-order valence-corrected chi connectivity index (χ3v) is 2.85. The van der Waals surface area contributed by atoms with Crippen LogP contribution in [0.5, 0.6) is 11.5 Å². The lowest BCUT2D eigenvalue weighted by atomic mass is 10.2. The summed E-state index contributed by atoms with van der Waals surface area (Å²) in [5.41, 5.74) is 0.684. The summed E-state index contributed by atoms with van der Waals surface area (Å²) < 4.78 is 38.9. The lowest BCUT2D eigenvalue weighted by Crippen LogP contribution is -2.20. The molecule has 0 radical (unpaired) electrons. The van der Waals surface area contributed by atoms with E-state index in [1.807, 2.05) is 0 Å². The number of hydrogen-bond acceptors (Lipinski definition) is 4. The van der Waals surface area contributed by atoms with Gasteiger partial charge in [0, 0.05) is 12.6 Å². The Morgan fingerprint density at radius 1 is 1.35 bits per heavy atom. The Hall–Kier alpha value is -2.83. The summed E-state index contributed by atoms with van der Waals surface area (Å²) in [6.07, 6.45) is 4.38. The molecule has 0 atom stereocenters. The molecule has 0 fully saturated rings. The highest BCUT2D eigenvalue weighted by atomic mass is 19.3. The zero-order valence-electron chi connectivity index (χ0n) is 12.3.